The van der Waals surface area contributed by atoms with E-state index >= 15 is 4.39 Å². The second-order valence-corrected chi connectivity index (χ2v) is 18.2. The van der Waals surface area contributed by atoms with E-state index in [0.717, 1.165) is 59.6 Å². The van der Waals surface area contributed by atoms with E-state index in [9.17, 15) is 19.2 Å². The number of aromatic nitrogens is 5. The van der Waals surface area contributed by atoms with E-state index < -0.39 is 40.5 Å². The van der Waals surface area contributed by atoms with Gasteiger partial charge in [0.1, 0.15) is 23.8 Å². The smallest absolute Gasteiger partial charge is 0.293 e. The Hall–Kier alpha value is -6.55. The molecule has 3 aliphatic rings. The van der Waals surface area contributed by atoms with Crippen molar-refractivity contribution in [2.45, 2.75) is 90.8 Å². The Morgan fingerprint density at radius 1 is 1.05 bits per heavy atom. The topological polar surface area (TPSA) is 183 Å². The van der Waals surface area contributed by atoms with Crippen LogP contribution in [-0.4, -0.2) is 85.8 Å². The summed E-state index contributed by atoms with van der Waals surface area (Å²) < 4.78 is 21.7. The highest BCUT2D eigenvalue weighted by Crippen LogP contribution is 2.46. The van der Waals surface area contributed by atoms with Gasteiger partial charge in [-0.2, -0.15) is 4.98 Å². The summed E-state index contributed by atoms with van der Waals surface area (Å²) in [5, 5.41) is 10.7. The largest absolute Gasteiger partial charge is 0.369 e. The van der Waals surface area contributed by atoms with Crippen LogP contribution < -0.4 is 20.4 Å². The van der Waals surface area contributed by atoms with Crippen LogP contribution in [0.1, 0.15) is 99.2 Å². The van der Waals surface area contributed by atoms with Crippen molar-refractivity contribution >= 4 is 56.9 Å². The van der Waals surface area contributed by atoms with Crippen LogP contribution in [0.5, 0.6) is 0 Å². The number of carbonyl (C=O) groups excluding carboxylic acids is 4. The predicted octanol–water partition coefficient (Wildman–Crippen LogP) is 6.15. The molecule has 2 fully saturated rings. The first-order valence-corrected chi connectivity index (χ1v) is 21.0. The summed E-state index contributed by atoms with van der Waals surface area (Å²) >= 11 is 0. The molecule has 320 valence electrons. The van der Waals surface area contributed by atoms with Gasteiger partial charge in [0.05, 0.1) is 22.5 Å². The molecule has 16 heteroatoms. The second kappa shape index (κ2) is 15.1. The number of rotatable bonds is 8. The summed E-state index contributed by atoms with van der Waals surface area (Å²) in [5.41, 5.74) is 5.77. The van der Waals surface area contributed by atoms with Crippen molar-refractivity contribution in [3.05, 3.63) is 94.6 Å². The van der Waals surface area contributed by atoms with Gasteiger partial charge < -0.3 is 19.7 Å². The van der Waals surface area contributed by atoms with E-state index in [2.05, 4.69) is 63.7 Å². The normalized spacial score (nSPS) is 18.7. The number of hydrogen-bond acceptors (Lipinski definition) is 11. The van der Waals surface area contributed by atoms with E-state index in [1.165, 1.54) is 6.33 Å². The average molecular weight is 841 g/mol. The molecule has 3 N–H and O–H groups in total. The van der Waals surface area contributed by atoms with Gasteiger partial charge in [-0.15, -0.1) is 0 Å². The zero-order valence-corrected chi connectivity index (χ0v) is 35.9. The van der Waals surface area contributed by atoms with Crippen molar-refractivity contribution < 1.29 is 28.1 Å². The highest BCUT2D eigenvalue weighted by molar-refractivity contribution is 6.14. The minimum Gasteiger partial charge on any atom is -0.369 e. The maximum Gasteiger partial charge on any atom is 0.293 e. The van der Waals surface area contributed by atoms with Gasteiger partial charge in [0.15, 0.2) is 0 Å². The van der Waals surface area contributed by atoms with Gasteiger partial charge >= 0.3 is 0 Å². The Morgan fingerprint density at radius 2 is 1.82 bits per heavy atom. The summed E-state index contributed by atoms with van der Waals surface area (Å²) in [5.74, 6) is -1.56. The number of halogens is 1. The Labute approximate surface area is 357 Å². The zero-order chi connectivity index (χ0) is 43.8. The van der Waals surface area contributed by atoms with Crippen LogP contribution in [0, 0.1) is 12.7 Å². The van der Waals surface area contributed by atoms with Crippen LogP contribution in [0.15, 0.2) is 59.4 Å². The molecule has 9 rings (SSSR count). The standard InChI is InChI=1S/C46H49FN10O5/c1-24-28(25(2)50-42(60)40-53-43(62-54-40)45(3,4)5)13-14-30(37(24)47)38-35-29-12-11-27(21-31(29)51-39(35)49-23-48-38)56-19-17-55(18-20-56)22-26-9-8-10-32-36(26)46(6,7)44(61)57(32)33-15-16-34(58)52-41(33)59/h8-14,21,23,25,33H,15-20,22H2,1-7H3,(H,50,60)(H,48,49,51)(H,52,58,59)/t25-,33?/m1/s1. The third kappa shape index (κ3) is 6.95. The van der Waals surface area contributed by atoms with Gasteiger partial charge in [-0.3, -0.25) is 34.3 Å². The molecular weight excluding hydrogens is 792 g/mol. The fraction of sp³-hybridized carbons (Fsp3) is 0.391. The lowest BCUT2D eigenvalue weighted by Gasteiger charge is -2.36. The number of nitrogens with zero attached hydrogens (tertiary/aromatic N) is 7. The molecule has 0 bridgehead atoms. The fourth-order valence-corrected chi connectivity index (χ4v) is 9.23. The molecule has 0 aliphatic carbocycles. The number of imide groups is 1. The van der Waals surface area contributed by atoms with E-state index in [-0.39, 0.29) is 24.1 Å². The summed E-state index contributed by atoms with van der Waals surface area (Å²) in [7, 11) is 0. The molecule has 3 aromatic carbocycles. The fourth-order valence-electron chi connectivity index (χ4n) is 9.23. The van der Waals surface area contributed by atoms with Crippen molar-refractivity contribution in [1.82, 2.24) is 40.6 Å². The molecule has 2 saturated heterocycles. The molecule has 3 aromatic heterocycles. The molecule has 1 unspecified atom stereocenters. The van der Waals surface area contributed by atoms with Crippen molar-refractivity contribution in [2.24, 2.45) is 0 Å². The van der Waals surface area contributed by atoms with Gasteiger partial charge in [-0.05, 0) is 80.6 Å². The van der Waals surface area contributed by atoms with Crippen LogP contribution >= 0.6 is 0 Å². The van der Waals surface area contributed by atoms with E-state index in [0.29, 0.717) is 52.3 Å². The third-order valence-corrected chi connectivity index (χ3v) is 12.6. The van der Waals surface area contributed by atoms with Crippen molar-refractivity contribution in [1.29, 1.82) is 0 Å². The maximum absolute atomic E-state index is 16.4. The maximum atomic E-state index is 16.4. The molecule has 4 amide bonds. The van der Waals surface area contributed by atoms with Crippen LogP contribution in [0.4, 0.5) is 15.8 Å². The summed E-state index contributed by atoms with van der Waals surface area (Å²) in [6.07, 6.45) is 1.93. The molecular formula is C46H49FN10O5. The molecule has 0 saturated carbocycles. The lowest BCUT2D eigenvalue weighted by Crippen LogP contribution is -2.55. The lowest BCUT2D eigenvalue weighted by molar-refractivity contribution is -0.136. The lowest BCUT2D eigenvalue weighted by atomic mass is 9.83. The first-order valence-electron chi connectivity index (χ1n) is 21.0. The minimum absolute atomic E-state index is 0.0814. The molecule has 0 spiro atoms. The average Bonchev–Trinajstić information content (AvgIpc) is 3.94. The van der Waals surface area contributed by atoms with Gasteiger partial charge in [-0.1, -0.05) is 50.2 Å². The molecule has 6 heterocycles. The Morgan fingerprint density at radius 3 is 2.55 bits per heavy atom. The number of piperidine rings is 1. The molecule has 6 aromatic rings. The number of H-pyrrole nitrogens is 1. The first-order chi connectivity index (χ1) is 29.5. The number of nitrogens with one attached hydrogen (secondary N) is 3. The highest BCUT2D eigenvalue weighted by atomic mass is 19.1. The Bertz CT molecular complexity index is 2820. The number of hydrogen-bond donors (Lipinski definition) is 3. The Kier molecular flexibility index (Phi) is 9.95. The number of anilines is 2. The molecule has 15 nitrogen and oxygen atoms in total. The van der Waals surface area contributed by atoms with Crippen molar-refractivity contribution in [3.8, 4) is 11.3 Å². The molecule has 62 heavy (non-hydrogen) atoms. The minimum atomic E-state index is -0.824. The van der Waals surface area contributed by atoms with E-state index in [1.54, 1.807) is 30.9 Å². The van der Waals surface area contributed by atoms with Gasteiger partial charge in [0, 0.05) is 72.4 Å². The van der Waals surface area contributed by atoms with Gasteiger partial charge in [0.2, 0.25) is 23.6 Å². The van der Waals surface area contributed by atoms with Crippen LogP contribution in [0.3, 0.4) is 0 Å². The monoisotopic (exact) mass is 840 g/mol. The van der Waals surface area contributed by atoms with Crippen LogP contribution in [-0.2, 0) is 31.8 Å². The highest BCUT2D eigenvalue weighted by Gasteiger charge is 2.50. The van der Waals surface area contributed by atoms with Crippen LogP contribution in [0.2, 0.25) is 0 Å². The van der Waals surface area contributed by atoms with Crippen molar-refractivity contribution in [3.63, 3.8) is 0 Å². The molecule has 3 aliphatic heterocycles. The second-order valence-electron chi connectivity index (χ2n) is 18.2. The number of benzene rings is 3. The Balaban J connectivity index is 0.906. The van der Waals surface area contributed by atoms with E-state index in [1.807, 2.05) is 52.8 Å². The summed E-state index contributed by atoms with van der Waals surface area (Å²) in [4.78, 5) is 74.7. The quantitative estimate of drug-likeness (QED) is 0.150. The molecule has 0 radical (unpaired) electrons. The summed E-state index contributed by atoms with van der Waals surface area (Å²) in [6, 6.07) is 14.4. The number of carbonyl (C=O) groups is 4. The zero-order valence-electron chi connectivity index (χ0n) is 35.9. The molecule has 2 atom stereocenters. The SMILES string of the molecule is Cc1c([C@@H](C)NC(=O)c2noc(C(C)(C)C)n2)ccc(-c2ncnc3[nH]c4cc(N5CCN(Cc6cccc7c6C(C)(C)C(=O)N7C6CCC(=O)NC6=O)CC5)ccc4c23)c1F. The number of amides is 4. The van der Waals surface area contributed by atoms with E-state index in [4.69, 9.17) is 4.52 Å². The third-order valence-electron chi connectivity index (χ3n) is 12.6. The number of aromatic amines is 1. The van der Waals surface area contributed by atoms with Crippen molar-refractivity contribution in [2.75, 3.05) is 36.0 Å². The number of piperazine rings is 1. The predicted molar refractivity (Wildman–Crippen MR) is 231 cm³/mol. The number of fused-ring (bicyclic) bond motifs is 4. The summed E-state index contributed by atoms with van der Waals surface area (Å²) in [6.45, 7) is 16.8. The van der Waals surface area contributed by atoms with Gasteiger partial charge in [-0.25, -0.2) is 14.4 Å². The van der Waals surface area contributed by atoms with Crippen LogP contribution in [0.25, 0.3) is 33.2 Å². The first kappa shape index (κ1) is 40.8. The van der Waals surface area contributed by atoms with Gasteiger partial charge in [0.25, 0.3) is 11.7 Å².